The van der Waals surface area contributed by atoms with Gasteiger partial charge < -0.3 is 9.84 Å². The second-order valence-electron chi connectivity index (χ2n) is 4.38. The van der Waals surface area contributed by atoms with E-state index in [4.69, 9.17) is 4.74 Å². The zero-order valence-corrected chi connectivity index (χ0v) is 10.4. The fourth-order valence-corrected chi connectivity index (χ4v) is 1.91. The number of benzene rings is 1. The lowest BCUT2D eigenvalue weighted by molar-refractivity contribution is 0.283. The number of fused-ring (bicyclic) bond motifs is 1. The number of hydrogen-bond donors (Lipinski definition) is 1. The number of rotatable bonds is 3. The molecule has 0 aliphatic heterocycles. The topological polar surface area (TPSA) is 42.4 Å². The van der Waals surface area contributed by atoms with E-state index in [1.54, 1.807) is 7.11 Å². The molecule has 0 aliphatic rings. The maximum Gasteiger partial charge on any atom is 0.145 e. The number of methoxy groups -OCH3 is 1. The molecular formula is C14H17NO2. The minimum Gasteiger partial charge on any atom is -0.494 e. The van der Waals surface area contributed by atoms with E-state index in [0.29, 0.717) is 5.92 Å². The molecule has 0 amide bonds. The molecule has 1 N–H and O–H groups in total. The van der Waals surface area contributed by atoms with Gasteiger partial charge in [0.25, 0.3) is 0 Å². The highest BCUT2D eigenvalue weighted by Gasteiger charge is 2.10. The number of aliphatic hydroxyl groups is 1. The van der Waals surface area contributed by atoms with Gasteiger partial charge in [0.15, 0.2) is 0 Å². The molecule has 1 aromatic heterocycles. The fourth-order valence-electron chi connectivity index (χ4n) is 1.91. The molecular weight excluding hydrogens is 214 g/mol. The molecule has 2 rings (SSSR count). The highest BCUT2D eigenvalue weighted by atomic mass is 16.5. The van der Waals surface area contributed by atoms with Crippen molar-refractivity contribution in [3.05, 3.63) is 35.5 Å². The molecule has 90 valence electrons. The highest BCUT2D eigenvalue weighted by molar-refractivity contribution is 5.87. The van der Waals surface area contributed by atoms with Crippen molar-refractivity contribution >= 4 is 10.9 Å². The summed E-state index contributed by atoms with van der Waals surface area (Å²) in [5.41, 5.74) is 2.70. The minimum absolute atomic E-state index is 0.0197. The van der Waals surface area contributed by atoms with Crippen molar-refractivity contribution < 1.29 is 9.84 Å². The SMILES string of the molecule is COc1cccc2c(CO)cc(C(C)C)nc12. The third-order valence-electron chi connectivity index (χ3n) is 2.89. The van der Waals surface area contributed by atoms with Crippen molar-refractivity contribution in [3.8, 4) is 5.75 Å². The predicted octanol–water partition coefficient (Wildman–Crippen LogP) is 2.86. The summed E-state index contributed by atoms with van der Waals surface area (Å²) in [6.45, 7) is 4.20. The van der Waals surface area contributed by atoms with E-state index in [0.717, 1.165) is 27.9 Å². The molecule has 0 radical (unpaired) electrons. The summed E-state index contributed by atoms with van der Waals surface area (Å²) in [7, 11) is 1.64. The molecule has 17 heavy (non-hydrogen) atoms. The lowest BCUT2D eigenvalue weighted by Crippen LogP contribution is -1.99. The molecule has 1 heterocycles. The van der Waals surface area contributed by atoms with Crippen LogP contribution in [0.2, 0.25) is 0 Å². The number of aliphatic hydroxyl groups excluding tert-OH is 1. The first kappa shape index (κ1) is 11.9. The lowest BCUT2D eigenvalue weighted by Gasteiger charge is -2.12. The Morgan fingerprint density at radius 3 is 2.71 bits per heavy atom. The molecule has 0 saturated heterocycles. The Morgan fingerprint density at radius 1 is 1.35 bits per heavy atom. The van der Waals surface area contributed by atoms with Gasteiger partial charge in [0.2, 0.25) is 0 Å². The average Bonchev–Trinajstić information content (AvgIpc) is 2.36. The Bertz CT molecular complexity index is 535. The van der Waals surface area contributed by atoms with Gasteiger partial charge in [-0.25, -0.2) is 4.98 Å². The number of pyridine rings is 1. The van der Waals surface area contributed by atoms with Crippen LogP contribution in [0.3, 0.4) is 0 Å². The van der Waals surface area contributed by atoms with Crippen molar-refractivity contribution in [3.63, 3.8) is 0 Å². The Labute approximate surface area is 101 Å². The first-order chi connectivity index (χ1) is 8.17. The summed E-state index contributed by atoms with van der Waals surface area (Å²) >= 11 is 0. The van der Waals surface area contributed by atoms with Crippen LogP contribution in [0, 0.1) is 0 Å². The quantitative estimate of drug-likeness (QED) is 0.883. The summed E-state index contributed by atoms with van der Waals surface area (Å²) < 4.78 is 5.32. The van der Waals surface area contributed by atoms with Gasteiger partial charge in [0.1, 0.15) is 11.3 Å². The molecule has 0 unspecified atom stereocenters. The molecule has 2 aromatic rings. The van der Waals surface area contributed by atoms with Crippen molar-refractivity contribution in [2.45, 2.75) is 26.4 Å². The minimum atomic E-state index is 0.0197. The predicted molar refractivity (Wildman–Crippen MR) is 68.3 cm³/mol. The second-order valence-corrected chi connectivity index (χ2v) is 4.38. The van der Waals surface area contributed by atoms with Gasteiger partial charge in [-0.2, -0.15) is 0 Å². The van der Waals surface area contributed by atoms with Crippen LogP contribution >= 0.6 is 0 Å². The van der Waals surface area contributed by atoms with E-state index in [1.807, 2.05) is 24.3 Å². The molecule has 0 spiro atoms. The smallest absolute Gasteiger partial charge is 0.145 e. The Hall–Kier alpha value is -1.61. The van der Waals surface area contributed by atoms with Crippen LogP contribution in [-0.4, -0.2) is 17.2 Å². The molecule has 0 bridgehead atoms. The van der Waals surface area contributed by atoms with Crippen LogP contribution in [0.5, 0.6) is 5.75 Å². The molecule has 0 atom stereocenters. The molecule has 3 heteroatoms. The van der Waals surface area contributed by atoms with Gasteiger partial charge >= 0.3 is 0 Å². The van der Waals surface area contributed by atoms with Crippen molar-refractivity contribution in [2.24, 2.45) is 0 Å². The van der Waals surface area contributed by atoms with Crippen LogP contribution in [0.1, 0.15) is 31.0 Å². The average molecular weight is 231 g/mol. The zero-order valence-electron chi connectivity index (χ0n) is 10.4. The number of nitrogens with zero attached hydrogens (tertiary/aromatic N) is 1. The summed E-state index contributed by atoms with van der Waals surface area (Å²) in [4.78, 5) is 4.62. The standard InChI is InChI=1S/C14H17NO2/c1-9(2)12-7-10(8-16)11-5-4-6-13(17-3)14(11)15-12/h4-7,9,16H,8H2,1-3H3. The normalized spacial score (nSPS) is 11.1. The summed E-state index contributed by atoms with van der Waals surface area (Å²) in [5, 5.41) is 10.4. The highest BCUT2D eigenvalue weighted by Crippen LogP contribution is 2.28. The van der Waals surface area contributed by atoms with Gasteiger partial charge in [-0.3, -0.25) is 0 Å². The summed E-state index contributed by atoms with van der Waals surface area (Å²) in [6, 6.07) is 7.73. The fraction of sp³-hybridized carbons (Fsp3) is 0.357. The Kier molecular flexibility index (Phi) is 3.29. The van der Waals surface area contributed by atoms with Gasteiger partial charge in [-0.1, -0.05) is 26.0 Å². The zero-order chi connectivity index (χ0) is 12.4. The third-order valence-corrected chi connectivity index (χ3v) is 2.89. The Morgan fingerprint density at radius 2 is 2.12 bits per heavy atom. The van der Waals surface area contributed by atoms with Gasteiger partial charge in [-0.15, -0.1) is 0 Å². The second kappa shape index (κ2) is 4.72. The maximum absolute atomic E-state index is 9.44. The first-order valence-electron chi connectivity index (χ1n) is 5.74. The van der Waals surface area contributed by atoms with E-state index < -0.39 is 0 Å². The summed E-state index contributed by atoms with van der Waals surface area (Å²) in [6.07, 6.45) is 0. The van der Waals surface area contributed by atoms with Gasteiger partial charge in [-0.05, 0) is 23.6 Å². The summed E-state index contributed by atoms with van der Waals surface area (Å²) in [5.74, 6) is 1.08. The van der Waals surface area contributed by atoms with Crippen LogP contribution in [0.25, 0.3) is 10.9 Å². The monoisotopic (exact) mass is 231 g/mol. The first-order valence-corrected chi connectivity index (χ1v) is 5.74. The van der Waals surface area contributed by atoms with Crippen LogP contribution in [0.15, 0.2) is 24.3 Å². The largest absolute Gasteiger partial charge is 0.494 e. The van der Waals surface area contributed by atoms with Crippen molar-refractivity contribution in [2.75, 3.05) is 7.11 Å². The number of aromatic nitrogens is 1. The van der Waals surface area contributed by atoms with Crippen molar-refractivity contribution in [1.82, 2.24) is 4.98 Å². The molecule has 1 aromatic carbocycles. The molecule has 3 nitrogen and oxygen atoms in total. The van der Waals surface area contributed by atoms with E-state index in [1.165, 1.54) is 0 Å². The maximum atomic E-state index is 9.44. The molecule has 0 saturated carbocycles. The molecule has 0 fully saturated rings. The van der Waals surface area contributed by atoms with E-state index >= 15 is 0 Å². The molecule has 0 aliphatic carbocycles. The van der Waals surface area contributed by atoms with E-state index in [9.17, 15) is 5.11 Å². The van der Waals surface area contributed by atoms with Crippen molar-refractivity contribution in [1.29, 1.82) is 0 Å². The van der Waals surface area contributed by atoms with E-state index in [2.05, 4.69) is 18.8 Å². The number of hydrogen-bond acceptors (Lipinski definition) is 3. The van der Waals surface area contributed by atoms with Gasteiger partial charge in [0, 0.05) is 11.1 Å². The Balaban J connectivity index is 2.78. The van der Waals surface area contributed by atoms with Crippen LogP contribution in [-0.2, 0) is 6.61 Å². The van der Waals surface area contributed by atoms with Gasteiger partial charge in [0.05, 0.1) is 13.7 Å². The third kappa shape index (κ3) is 2.11. The van der Waals surface area contributed by atoms with E-state index in [-0.39, 0.29) is 6.61 Å². The lowest BCUT2D eigenvalue weighted by atomic mass is 10.0. The number of ether oxygens (including phenoxy) is 1. The number of para-hydroxylation sites is 1. The van der Waals surface area contributed by atoms with Crippen LogP contribution in [0.4, 0.5) is 0 Å². The van der Waals surface area contributed by atoms with Crippen LogP contribution < -0.4 is 4.74 Å².